The Balaban J connectivity index is 0.000000468. The summed E-state index contributed by atoms with van der Waals surface area (Å²) in [5.74, 6) is 0.136. The molecule has 0 aliphatic heterocycles. The zero-order valence-corrected chi connectivity index (χ0v) is 38.3. The van der Waals surface area contributed by atoms with Crippen molar-refractivity contribution >= 4 is 33.8 Å². The van der Waals surface area contributed by atoms with Crippen molar-refractivity contribution in [1.29, 1.82) is 0 Å². The first-order valence-electron chi connectivity index (χ1n) is 21.2. The summed E-state index contributed by atoms with van der Waals surface area (Å²) in [5, 5.41) is 0. The summed E-state index contributed by atoms with van der Waals surface area (Å²) in [6.07, 6.45) is -51.0. The number of halogens is 24. The minimum Gasteiger partial charge on any atom is -0.287 e. The van der Waals surface area contributed by atoms with E-state index in [1.807, 2.05) is 59.4 Å². The molecule has 0 radical (unpaired) electrons. The lowest BCUT2D eigenvalue weighted by molar-refractivity contribution is -0.683. The van der Waals surface area contributed by atoms with Crippen molar-refractivity contribution in [3.05, 3.63) is 183 Å². The molecule has 0 unspecified atom stereocenters. The van der Waals surface area contributed by atoms with Gasteiger partial charge in [-0.05, 0) is 35.2 Å². The molecule has 0 atom stereocenters. The van der Waals surface area contributed by atoms with E-state index in [1.165, 1.54) is 5.56 Å². The van der Waals surface area contributed by atoms with E-state index in [-0.39, 0.29) is 11.2 Å². The summed E-state index contributed by atoms with van der Waals surface area (Å²) in [4.78, 5) is 12.2. The number of hydrogen-bond donors (Lipinski definition) is 0. The van der Waals surface area contributed by atoms with E-state index in [1.54, 1.807) is 0 Å². The highest BCUT2D eigenvalue weighted by atomic mass is 19.4. The van der Waals surface area contributed by atoms with Crippen LogP contribution in [0.5, 0.6) is 0 Å². The average molecular weight is 1120 g/mol. The Bertz CT molecular complexity index is 2600. The predicted molar refractivity (Wildman–Crippen MR) is 226 cm³/mol. The fourth-order valence-corrected chi connectivity index (χ4v) is 8.02. The molecule has 1 heterocycles. The molecule has 0 aliphatic carbocycles. The minimum atomic E-state index is -6.13. The van der Waals surface area contributed by atoms with Gasteiger partial charge in [0, 0.05) is 17.7 Å². The van der Waals surface area contributed by atoms with Crippen LogP contribution in [0.3, 0.4) is 0 Å². The number of Topliss-reactive ketones (excluding diaryl/α,β-unsaturated/α-hetero) is 1. The third-order valence-electron chi connectivity index (χ3n) is 11.6. The number of pyridine rings is 1. The fourth-order valence-electron chi connectivity index (χ4n) is 8.02. The van der Waals surface area contributed by atoms with Crippen molar-refractivity contribution in [2.24, 2.45) is 0 Å². The Morgan fingerprint density at radius 3 is 0.763 bits per heavy atom. The quantitative estimate of drug-likeness (QED) is 0.0675. The standard InChI is InChI=1S/C32H12BF24.C17H20NO/c34-25(35,36)13-1-14(26(37,38)39)6-21(5-13)33(22-7-15(27(40,41)42)2-16(8-22)28(43,44)45,23-9-17(29(46,47)48)3-18(10-23)30(49,50)51)24-11-19(31(52,53)54)4-20(12-24)32(55,56)57;1-17(2,3)15-9-7-14(8-10-15)16(19)13-18-11-5-4-6-12-18/h1-12H;4-12H,13H2,1-3H3/q-1;+1. The molecule has 27 heteroatoms. The highest BCUT2D eigenvalue weighted by molar-refractivity contribution is 7.20. The largest absolute Gasteiger partial charge is 0.416 e. The van der Waals surface area contributed by atoms with Gasteiger partial charge in [-0.15, -0.1) is 0 Å². The number of alkyl halides is 24. The number of carbonyl (C=O) groups excluding carboxylic acids is 1. The molecule has 5 aromatic carbocycles. The Morgan fingerprint density at radius 1 is 0.342 bits per heavy atom. The summed E-state index contributed by atoms with van der Waals surface area (Å²) in [7, 11) is 0. The molecule has 6 aromatic rings. The van der Waals surface area contributed by atoms with E-state index in [9.17, 15) is 110 Å². The summed E-state index contributed by atoms with van der Waals surface area (Å²) in [5.41, 5.74) is -28.1. The Morgan fingerprint density at radius 2 is 0.566 bits per heavy atom. The summed E-state index contributed by atoms with van der Waals surface area (Å²) < 4.78 is 343. The van der Waals surface area contributed by atoms with Gasteiger partial charge in [0.15, 0.2) is 12.4 Å². The van der Waals surface area contributed by atoms with Crippen LogP contribution in [0.15, 0.2) is 128 Å². The second kappa shape index (κ2) is 20.4. The topological polar surface area (TPSA) is 20.9 Å². The van der Waals surface area contributed by atoms with Crippen LogP contribution < -0.4 is 26.4 Å². The van der Waals surface area contributed by atoms with Crippen molar-refractivity contribution in [3.8, 4) is 0 Å². The molecule has 0 aliphatic rings. The van der Waals surface area contributed by atoms with Gasteiger partial charge < -0.3 is 0 Å². The molecule has 6 rings (SSSR count). The van der Waals surface area contributed by atoms with Gasteiger partial charge in [-0.2, -0.15) is 132 Å². The lowest BCUT2D eigenvalue weighted by Gasteiger charge is -2.46. The molecule has 0 saturated heterocycles. The van der Waals surface area contributed by atoms with Crippen LogP contribution in [0.25, 0.3) is 0 Å². The monoisotopic (exact) mass is 1120 g/mol. The van der Waals surface area contributed by atoms with E-state index >= 15 is 0 Å². The van der Waals surface area contributed by atoms with Crippen molar-refractivity contribution in [2.45, 2.75) is 82.1 Å². The van der Waals surface area contributed by atoms with Crippen LogP contribution in [0, 0.1) is 0 Å². The maximum absolute atomic E-state index is 14.2. The molecule has 0 fully saturated rings. The minimum absolute atomic E-state index is 0.121. The third-order valence-corrected chi connectivity index (χ3v) is 11.6. The van der Waals surface area contributed by atoms with E-state index in [4.69, 9.17) is 0 Å². The Hall–Kier alpha value is -6.70. The molecule has 2 nitrogen and oxygen atoms in total. The molecule has 0 spiro atoms. The molecule has 0 bridgehead atoms. The third kappa shape index (κ3) is 14.0. The first-order valence-corrected chi connectivity index (χ1v) is 21.2. The van der Waals surface area contributed by atoms with Crippen LogP contribution in [0.1, 0.15) is 81.2 Å². The van der Waals surface area contributed by atoms with Crippen molar-refractivity contribution in [2.75, 3.05) is 0 Å². The zero-order chi connectivity index (χ0) is 57.8. The first kappa shape index (κ1) is 60.2. The van der Waals surface area contributed by atoms with Crippen LogP contribution in [0.2, 0.25) is 0 Å². The smallest absolute Gasteiger partial charge is 0.287 e. The second-order valence-electron chi connectivity index (χ2n) is 18.0. The number of nitrogens with zero attached hydrogens (tertiary/aromatic N) is 1. The lowest BCUT2D eigenvalue weighted by Crippen LogP contribution is -2.75. The van der Waals surface area contributed by atoms with Gasteiger partial charge in [-0.25, -0.2) is 0 Å². The van der Waals surface area contributed by atoms with Crippen molar-refractivity contribution in [3.63, 3.8) is 0 Å². The highest BCUT2D eigenvalue weighted by Gasteiger charge is 2.47. The normalized spacial score (nSPS) is 13.6. The van der Waals surface area contributed by atoms with Crippen LogP contribution in [-0.4, -0.2) is 11.9 Å². The van der Waals surface area contributed by atoms with Gasteiger partial charge in [0.2, 0.25) is 12.3 Å². The number of ketones is 1. The molecule has 0 saturated carbocycles. The number of carbonyl (C=O) groups is 1. The number of rotatable bonds is 7. The van der Waals surface area contributed by atoms with Gasteiger partial charge in [-0.1, -0.05) is 99.6 Å². The average Bonchev–Trinajstić information content (AvgIpc) is 3.27. The number of benzene rings is 5. The summed E-state index contributed by atoms with van der Waals surface area (Å²) in [6.45, 7) is 6.90. The van der Waals surface area contributed by atoms with E-state index in [0.717, 1.165) is 5.56 Å². The number of aromatic nitrogens is 1. The summed E-state index contributed by atoms with van der Waals surface area (Å²) in [6, 6.07) is 4.92. The van der Waals surface area contributed by atoms with Crippen LogP contribution >= 0.6 is 0 Å². The SMILES string of the molecule is CC(C)(C)c1ccc(C(=O)C[n+]2ccccc2)cc1.FC(F)(F)c1cc([B-](c2cc(C(F)(F)F)cc(C(F)(F)F)c2)(c2cc(C(F)(F)F)cc(C(F)(F)F)c2)c2cc(C(F)(F)F)cc(C(F)(F)F)c2)cc(C(F)(F)F)c1. The van der Waals surface area contributed by atoms with Crippen LogP contribution in [-0.2, 0) is 61.4 Å². The van der Waals surface area contributed by atoms with E-state index in [2.05, 4.69) is 20.8 Å². The van der Waals surface area contributed by atoms with Crippen molar-refractivity contribution in [1.82, 2.24) is 0 Å². The van der Waals surface area contributed by atoms with Crippen LogP contribution in [0.4, 0.5) is 105 Å². The maximum Gasteiger partial charge on any atom is 0.416 e. The van der Waals surface area contributed by atoms with E-state index < -0.39 is 195 Å². The van der Waals surface area contributed by atoms with Gasteiger partial charge in [0.1, 0.15) is 6.15 Å². The molecule has 1 aromatic heterocycles. The molecular weight excluding hydrogens is 1090 g/mol. The lowest BCUT2D eigenvalue weighted by atomic mass is 9.12. The molecule has 410 valence electrons. The number of hydrogen-bond acceptors (Lipinski definition) is 1. The van der Waals surface area contributed by atoms with Gasteiger partial charge in [-0.3, -0.25) is 4.79 Å². The Kier molecular flexibility index (Phi) is 16.1. The summed E-state index contributed by atoms with van der Waals surface area (Å²) >= 11 is 0. The van der Waals surface area contributed by atoms with E-state index in [0.29, 0.717) is 6.54 Å². The molecule has 0 amide bonds. The van der Waals surface area contributed by atoms with Crippen molar-refractivity contribution < 1.29 is 115 Å². The molecule has 76 heavy (non-hydrogen) atoms. The maximum atomic E-state index is 14.2. The van der Waals surface area contributed by atoms with Gasteiger partial charge in [0.05, 0.1) is 44.5 Å². The molecule has 0 N–H and O–H groups in total. The van der Waals surface area contributed by atoms with Gasteiger partial charge >= 0.3 is 49.4 Å². The predicted octanol–water partition coefficient (Wildman–Crippen LogP) is 14.4. The first-order chi connectivity index (χ1) is 34.2. The Labute approximate surface area is 413 Å². The van der Waals surface area contributed by atoms with Gasteiger partial charge in [0.25, 0.3) is 0 Å². The highest BCUT2D eigenvalue weighted by Crippen LogP contribution is 2.41. The fraction of sp³-hybridized carbons (Fsp3) is 0.265. The zero-order valence-electron chi connectivity index (χ0n) is 38.3. The molecular formula is C49H32BF24NO. The second-order valence-corrected chi connectivity index (χ2v) is 18.0.